The smallest absolute Gasteiger partial charge is 0.278 e. The molecular formula is C21H19FN4O3S. The van der Waals surface area contributed by atoms with Gasteiger partial charge in [0.25, 0.3) is 5.56 Å². The van der Waals surface area contributed by atoms with E-state index in [1.165, 1.54) is 28.8 Å². The van der Waals surface area contributed by atoms with Crippen molar-refractivity contribution in [1.82, 2.24) is 14.5 Å². The van der Waals surface area contributed by atoms with Crippen LogP contribution in [0.4, 0.5) is 10.1 Å². The summed E-state index contributed by atoms with van der Waals surface area (Å²) in [4.78, 5) is 31.3. The highest BCUT2D eigenvalue weighted by Crippen LogP contribution is 2.25. The normalized spacial score (nSPS) is 11.1. The summed E-state index contributed by atoms with van der Waals surface area (Å²) >= 11 is 5.38. The summed E-state index contributed by atoms with van der Waals surface area (Å²) in [5.41, 5.74) is 2.12. The van der Waals surface area contributed by atoms with Crippen LogP contribution in [0.15, 0.2) is 47.3 Å². The van der Waals surface area contributed by atoms with Crippen LogP contribution in [-0.2, 0) is 11.3 Å². The Kier molecular flexibility index (Phi) is 5.37. The number of aromatic amines is 2. The quantitative estimate of drug-likeness (QED) is 0.405. The number of carbonyl (C=O) groups excluding carboxylic acids is 1. The fraction of sp³-hybridized carbons (Fsp3) is 0.190. The van der Waals surface area contributed by atoms with E-state index in [1.807, 2.05) is 18.2 Å². The molecule has 1 amide bonds. The van der Waals surface area contributed by atoms with E-state index in [0.29, 0.717) is 35.4 Å². The highest BCUT2D eigenvalue weighted by atomic mass is 32.1. The van der Waals surface area contributed by atoms with Gasteiger partial charge in [-0.25, -0.2) is 4.39 Å². The molecule has 0 fully saturated rings. The lowest BCUT2D eigenvalue weighted by Crippen LogP contribution is -2.23. The first-order valence-electron chi connectivity index (χ1n) is 9.34. The Labute approximate surface area is 175 Å². The summed E-state index contributed by atoms with van der Waals surface area (Å²) < 4.78 is 19.9. The van der Waals surface area contributed by atoms with Gasteiger partial charge in [0.2, 0.25) is 5.91 Å². The molecule has 0 atom stereocenters. The van der Waals surface area contributed by atoms with Gasteiger partial charge in [0.1, 0.15) is 17.1 Å². The Morgan fingerprint density at radius 1 is 1.17 bits per heavy atom. The van der Waals surface area contributed by atoms with Gasteiger partial charge in [0, 0.05) is 29.6 Å². The molecule has 0 bridgehead atoms. The molecule has 0 spiro atoms. The van der Waals surface area contributed by atoms with Crippen LogP contribution in [0.5, 0.6) is 5.75 Å². The molecule has 2 aromatic carbocycles. The van der Waals surface area contributed by atoms with Gasteiger partial charge >= 0.3 is 0 Å². The number of H-pyrrole nitrogens is 2. The average Bonchev–Trinajstić information content (AvgIpc) is 3.10. The van der Waals surface area contributed by atoms with E-state index in [4.69, 9.17) is 17.0 Å². The summed E-state index contributed by atoms with van der Waals surface area (Å²) in [6.07, 6.45) is 0.616. The summed E-state index contributed by atoms with van der Waals surface area (Å²) in [5.74, 6) is 0.0924. The van der Waals surface area contributed by atoms with Gasteiger partial charge in [-0.1, -0.05) is 0 Å². The van der Waals surface area contributed by atoms with Gasteiger partial charge < -0.3 is 20.0 Å². The van der Waals surface area contributed by atoms with Crippen molar-refractivity contribution in [3.63, 3.8) is 0 Å². The molecule has 0 unspecified atom stereocenters. The van der Waals surface area contributed by atoms with Gasteiger partial charge in [-0.05, 0) is 61.1 Å². The number of hydrogen-bond acceptors (Lipinski definition) is 4. The predicted molar refractivity (Wildman–Crippen MR) is 116 cm³/mol. The number of carbonyl (C=O) groups is 1. The molecule has 4 aromatic rings. The van der Waals surface area contributed by atoms with E-state index in [1.54, 1.807) is 7.11 Å². The predicted octanol–water partition coefficient (Wildman–Crippen LogP) is 4.11. The van der Waals surface area contributed by atoms with Crippen molar-refractivity contribution in [3.05, 3.63) is 63.4 Å². The second kappa shape index (κ2) is 8.11. The first-order chi connectivity index (χ1) is 14.5. The number of ether oxygens (including phenoxy) is 1. The Morgan fingerprint density at radius 2 is 1.93 bits per heavy atom. The Bertz CT molecular complexity index is 1360. The number of fused-ring (bicyclic) bond motifs is 3. The van der Waals surface area contributed by atoms with E-state index in [0.717, 1.165) is 10.9 Å². The summed E-state index contributed by atoms with van der Waals surface area (Å²) in [5, 5.41) is 3.52. The van der Waals surface area contributed by atoms with Gasteiger partial charge in [0.15, 0.2) is 4.77 Å². The van der Waals surface area contributed by atoms with Crippen molar-refractivity contribution in [3.8, 4) is 5.75 Å². The third-order valence-corrected chi connectivity index (χ3v) is 5.18. The van der Waals surface area contributed by atoms with Crippen LogP contribution in [0.2, 0.25) is 0 Å². The van der Waals surface area contributed by atoms with E-state index < -0.39 is 0 Å². The number of rotatable bonds is 6. The highest BCUT2D eigenvalue weighted by molar-refractivity contribution is 7.71. The van der Waals surface area contributed by atoms with Crippen LogP contribution in [0, 0.1) is 10.6 Å². The molecule has 0 radical (unpaired) electrons. The Balaban J connectivity index is 1.52. The van der Waals surface area contributed by atoms with Crippen molar-refractivity contribution >= 4 is 45.7 Å². The number of benzene rings is 2. The fourth-order valence-corrected chi connectivity index (χ4v) is 3.62. The molecule has 0 aliphatic rings. The lowest BCUT2D eigenvalue weighted by Gasteiger charge is -2.08. The minimum absolute atomic E-state index is 0.195. The van der Waals surface area contributed by atoms with Crippen LogP contribution >= 0.6 is 12.2 Å². The number of amides is 1. The zero-order chi connectivity index (χ0) is 21.3. The van der Waals surface area contributed by atoms with E-state index >= 15 is 0 Å². The zero-order valence-corrected chi connectivity index (χ0v) is 16.9. The molecule has 3 N–H and O–H groups in total. The largest absolute Gasteiger partial charge is 0.497 e. The molecule has 2 aromatic heterocycles. The van der Waals surface area contributed by atoms with Crippen molar-refractivity contribution < 1.29 is 13.9 Å². The minimum Gasteiger partial charge on any atom is -0.497 e. The molecule has 9 heteroatoms. The Morgan fingerprint density at radius 3 is 2.67 bits per heavy atom. The number of anilines is 1. The fourth-order valence-electron chi connectivity index (χ4n) is 3.35. The second-order valence-electron chi connectivity index (χ2n) is 6.83. The monoisotopic (exact) mass is 426 g/mol. The average molecular weight is 426 g/mol. The zero-order valence-electron chi connectivity index (χ0n) is 16.1. The summed E-state index contributed by atoms with van der Waals surface area (Å²) in [7, 11) is 1.58. The van der Waals surface area contributed by atoms with E-state index in [-0.39, 0.29) is 28.5 Å². The lowest BCUT2D eigenvalue weighted by atomic mass is 10.2. The molecule has 30 heavy (non-hydrogen) atoms. The number of methoxy groups -OCH3 is 1. The number of halogens is 1. The van der Waals surface area contributed by atoms with Crippen LogP contribution in [0.25, 0.3) is 21.9 Å². The highest BCUT2D eigenvalue weighted by Gasteiger charge is 2.13. The molecule has 0 aliphatic heterocycles. The van der Waals surface area contributed by atoms with Gasteiger partial charge in [-0.2, -0.15) is 0 Å². The van der Waals surface area contributed by atoms with Gasteiger partial charge in [-0.15, -0.1) is 0 Å². The van der Waals surface area contributed by atoms with E-state index in [9.17, 15) is 14.0 Å². The molecule has 0 saturated carbocycles. The third-order valence-electron chi connectivity index (χ3n) is 4.86. The molecule has 0 aliphatic carbocycles. The van der Waals surface area contributed by atoms with Crippen molar-refractivity contribution in [2.45, 2.75) is 19.4 Å². The molecule has 0 saturated heterocycles. The Hall–Kier alpha value is -3.46. The van der Waals surface area contributed by atoms with E-state index in [2.05, 4.69) is 15.3 Å². The molecule has 154 valence electrons. The molecule has 7 nitrogen and oxygen atoms in total. The van der Waals surface area contributed by atoms with Gasteiger partial charge in [-0.3, -0.25) is 14.2 Å². The standard InChI is InChI=1S/C21H19FN4O3S/c1-29-14-8-9-16-15(11-14)18-19(24-16)20(28)26(21(30)25-18)10-2-3-17(27)23-13-6-4-12(22)5-7-13/h4-9,11,24H,2-3,10H2,1H3,(H,23,27)(H,25,30). The lowest BCUT2D eigenvalue weighted by molar-refractivity contribution is -0.116. The van der Waals surface area contributed by atoms with Crippen LogP contribution in [-0.4, -0.2) is 27.6 Å². The third kappa shape index (κ3) is 3.84. The first kappa shape index (κ1) is 19.8. The molecule has 4 rings (SSSR count). The van der Waals surface area contributed by atoms with Crippen LogP contribution in [0.1, 0.15) is 12.8 Å². The van der Waals surface area contributed by atoms with Crippen molar-refractivity contribution in [2.75, 3.05) is 12.4 Å². The topological polar surface area (TPSA) is 91.9 Å². The molecule has 2 heterocycles. The van der Waals surface area contributed by atoms with Gasteiger partial charge in [0.05, 0.1) is 12.6 Å². The SMILES string of the molecule is COc1ccc2[nH]c3c(=O)n(CCCC(=O)Nc4ccc(F)cc4)c(=S)[nH]c3c2c1. The number of nitrogens with one attached hydrogen (secondary N) is 3. The number of nitrogens with zero attached hydrogens (tertiary/aromatic N) is 1. The summed E-state index contributed by atoms with van der Waals surface area (Å²) in [6.45, 7) is 0.291. The van der Waals surface area contributed by atoms with Crippen LogP contribution in [0.3, 0.4) is 0 Å². The first-order valence-corrected chi connectivity index (χ1v) is 9.75. The maximum atomic E-state index is 12.9. The molecular weight excluding hydrogens is 407 g/mol. The number of hydrogen-bond donors (Lipinski definition) is 3. The maximum absolute atomic E-state index is 12.9. The maximum Gasteiger partial charge on any atom is 0.278 e. The summed E-state index contributed by atoms with van der Waals surface area (Å²) in [6, 6.07) is 11.0. The number of aromatic nitrogens is 3. The van der Waals surface area contributed by atoms with Crippen molar-refractivity contribution in [1.29, 1.82) is 0 Å². The minimum atomic E-state index is -0.368. The second-order valence-corrected chi connectivity index (χ2v) is 7.22. The van der Waals surface area contributed by atoms with Crippen LogP contribution < -0.4 is 15.6 Å². The van der Waals surface area contributed by atoms with Crippen molar-refractivity contribution in [2.24, 2.45) is 0 Å².